The maximum absolute atomic E-state index is 11.2. The standard InChI is InChI=1S/C12H24N2O2/c1-16-9-11(12(13)15)14-10-7-5-3-2-4-6-8-10/h10-11,14H,2-9H2,1H3,(H2,13,15). The van der Waals surface area contributed by atoms with Gasteiger partial charge in [-0.3, -0.25) is 4.79 Å². The number of ether oxygens (including phenoxy) is 1. The first kappa shape index (κ1) is 13.5. The minimum absolute atomic E-state index is 0.316. The Morgan fingerprint density at radius 2 is 1.88 bits per heavy atom. The van der Waals surface area contributed by atoms with Gasteiger partial charge in [0.25, 0.3) is 0 Å². The molecule has 1 atom stereocenters. The number of nitrogens with two attached hydrogens (primary N) is 1. The Kier molecular flexibility index (Phi) is 6.42. The largest absolute Gasteiger partial charge is 0.383 e. The number of rotatable bonds is 5. The van der Waals surface area contributed by atoms with Crippen LogP contribution in [0.15, 0.2) is 0 Å². The SMILES string of the molecule is COCC(NC1CCCCCCC1)C(N)=O. The van der Waals surface area contributed by atoms with Crippen LogP contribution in [-0.2, 0) is 9.53 Å². The van der Waals surface area contributed by atoms with Crippen molar-refractivity contribution in [3.05, 3.63) is 0 Å². The van der Waals surface area contributed by atoms with Crippen LogP contribution in [0.3, 0.4) is 0 Å². The lowest BCUT2D eigenvalue weighted by atomic mass is 9.96. The first-order valence-electron chi connectivity index (χ1n) is 6.28. The number of carbonyl (C=O) groups excluding carboxylic acids is 1. The zero-order valence-corrected chi connectivity index (χ0v) is 10.2. The molecular formula is C12H24N2O2. The van der Waals surface area contributed by atoms with E-state index in [1.165, 1.54) is 32.1 Å². The van der Waals surface area contributed by atoms with Gasteiger partial charge in [0, 0.05) is 13.2 Å². The number of carbonyl (C=O) groups is 1. The minimum atomic E-state index is -0.338. The normalized spacial score (nSPS) is 21.1. The molecule has 1 fully saturated rings. The fourth-order valence-electron chi connectivity index (χ4n) is 2.29. The van der Waals surface area contributed by atoms with Crippen LogP contribution in [0.25, 0.3) is 0 Å². The van der Waals surface area contributed by atoms with Crippen LogP contribution in [0.1, 0.15) is 44.9 Å². The summed E-state index contributed by atoms with van der Waals surface area (Å²) in [6, 6.07) is 0.0855. The van der Waals surface area contributed by atoms with Gasteiger partial charge in [0.05, 0.1) is 6.61 Å². The molecule has 94 valence electrons. The highest BCUT2D eigenvalue weighted by Gasteiger charge is 2.20. The highest BCUT2D eigenvalue weighted by Crippen LogP contribution is 2.17. The number of amides is 1. The van der Waals surface area contributed by atoms with Crippen molar-refractivity contribution in [3.8, 4) is 0 Å². The van der Waals surface area contributed by atoms with Gasteiger partial charge in [-0.05, 0) is 12.8 Å². The van der Waals surface area contributed by atoms with Crippen molar-refractivity contribution in [2.24, 2.45) is 5.73 Å². The Balaban J connectivity index is 2.38. The number of hydrogen-bond acceptors (Lipinski definition) is 3. The van der Waals surface area contributed by atoms with Crippen molar-refractivity contribution < 1.29 is 9.53 Å². The third-order valence-corrected chi connectivity index (χ3v) is 3.22. The molecule has 0 heterocycles. The van der Waals surface area contributed by atoms with E-state index in [2.05, 4.69) is 5.32 Å². The van der Waals surface area contributed by atoms with Gasteiger partial charge in [-0.2, -0.15) is 0 Å². The van der Waals surface area contributed by atoms with Gasteiger partial charge >= 0.3 is 0 Å². The fourth-order valence-corrected chi connectivity index (χ4v) is 2.29. The van der Waals surface area contributed by atoms with Crippen LogP contribution in [0.4, 0.5) is 0 Å². The average Bonchev–Trinajstić information content (AvgIpc) is 2.20. The summed E-state index contributed by atoms with van der Waals surface area (Å²) in [6.45, 7) is 0.367. The van der Waals surface area contributed by atoms with Crippen LogP contribution in [0.5, 0.6) is 0 Å². The van der Waals surface area contributed by atoms with E-state index in [-0.39, 0.29) is 11.9 Å². The van der Waals surface area contributed by atoms with Crippen molar-refractivity contribution in [2.45, 2.75) is 57.0 Å². The van der Waals surface area contributed by atoms with Crippen molar-refractivity contribution in [1.82, 2.24) is 5.32 Å². The molecule has 0 bridgehead atoms. The van der Waals surface area contributed by atoms with Gasteiger partial charge in [0.1, 0.15) is 6.04 Å². The minimum Gasteiger partial charge on any atom is -0.383 e. The number of methoxy groups -OCH3 is 1. The first-order chi connectivity index (χ1) is 7.74. The molecule has 1 unspecified atom stereocenters. The quantitative estimate of drug-likeness (QED) is 0.743. The van der Waals surface area contributed by atoms with E-state index in [0.717, 1.165) is 12.8 Å². The van der Waals surface area contributed by atoms with Crippen molar-refractivity contribution in [1.29, 1.82) is 0 Å². The van der Waals surface area contributed by atoms with Gasteiger partial charge in [-0.1, -0.05) is 32.1 Å². The average molecular weight is 228 g/mol. The Morgan fingerprint density at radius 3 is 2.38 bits per heavy atom. The molecule has 0 radical (unpaired) electrons. The number of primary amides is 1. The molecule has 0 saturated heterocycles. The summed E-state index contributed by atoms with van der Waals surface area (Å²) < 4.78 is 5.00. The van der Waals surface area contributed by atoms with Gasteiger partial charge in [-0.25, -0.2) is 0 Å². The monoisotopic (exact) mass is 228 g/mol. The first-order valence-corrected chi connectivity index (χ1v) is 6.28. The van der Waals surface area contributed by atoms with E-state index in [1.54, 1.807) is 7.11 Å². The van der Waals surface area contributed by atoms with E-state index in [9.17, 15) is 4.79 Å². The molecule has 1 aliphatic carbocycles. The summed E-state index contributed by atoms with van der Waals surface area (Å²) in [5, 5.41) is 3.32. The molecule has 16 heavy (non-hydrogen) atoms. The molecule has 3 N–H and O–H groups in total. The molecular weight excluding hydrogens is 204 g/mol. The fraction of sp³-hybridized carbons (Fsp3) is 0.917. The van der Waals surface area contributed by atoms with Crippen molar-refractivity contribution >= 4 is 5.91 Å². The smallest absolute Gasteiger partial charge is 0.236 e. The number of nitrogens with one attached hydrogen (secondary N) is 1. The lowest BCUT2D eigenvalue weighted by molar-refractivity contribution is -0.121. The zero-order chi connectivity index (χ0) is 11.8. The van der Waals surface area contributed by atoms with Gasteiger partial charge in [0.15, 0.2) is 0 Å². The van der Waals surface area contributed by atoms with E-state index >= 15 is 0 Å². The molecule has 1 aliphatic rings. The topological polar surface area (TPSA) is 64.3 Å². The molecule has 0 spiro atoms. The Bertz CT molecular complexity index is 201. The molecule has 0 aromatic rings. The second-order valence-electron chi connectivity index (χ2n) is 4.62. The van der Waals surface area contributed by atoms with Crippen LogP contribution < -0.4 is 11.1 Å². The maximum atomic E-state index is 11.2. The Hall–Kier alpha value is -0.610. The molecule has 1 amide bonds. The van der Waals surface area contributed by atoms with Crippen molar-refractivity contribution in [3.63, 3.8) is 0 Å². The summed E-state index contributed by atoms with van der Waals surface area (Å²) in [5.41, 5.74) is 5.33. The second-order valence-corrected chi connectivity index (χ2v) is 4.62. The predicted molar refractivity (Wildman–Crippen MR) is 64.1 cm³/mol. The molecule has 1 rings (SSSR count). The zero-order valence-electron chi connectivity index (χ0n) is 10.2. The highest BCUT2D eigenvalue weighted by atomic mass is 16.5. The van der Waals surface area contributed by atoms with Crippen LogP contribution in [0, 0.1) is 0 Å². The third kappa shape index (κ3) is 4.94. The van der Waals surface area contributed by atoms with E-state index in [0.29, 0.717) is 12.6 Å². The van der Waals surface area contributed by atoms with Gasteiger partial charge in [0.2, 0.25) is 5.91 Å². The van der Waals surface area contributed by atoms with E-state index in [1.807, 2.05) is 0 Å². The van der Waals surface area contributed by atoms with Crippen molar-refractivity contribution in [2.75, 3.05) is 13.7 Å². The maximum Gasteiger partial charge on any atom is 0.236 e. The summed E-state index contributed by atoms with van der Waals surface area (Å²) in [6.07, 6.45) is 8.75. The summed E-state index contributed by atoms with van der Waals surface area (Å²) in [7, 11) is 1.59. The lowest BCUT2D eigenvalue weighted by Gasteiger charge is -2.25. The number of hydrogen-bond donors (Lipinski definition) is 2. The molecule has 0 aromatic heterocycles. The van der Waals surface area contributed by atoms with Gasteiger partial charge < -0.3 is 15.8 Å². The lowest BCUT2D eigenvalue weighted by Crippen LogP contribution is -2.49. The van der Waals surface area contributed by atoms with Crippen LogP contribution in [0.2, 0.25) is 0 Å². The van der Waals surface area contributed by atoms with Gasteiger partial charge in [-0.15, -0.1) is 0 Å². The summed E-state index contributed by atoms with van der Waals surface area (Å²) >= 11 is 0. The van der Waals surface area contributed by atoms with Crippen LogP contribution >= 0.6 is 0 Å². The van der Waals surface area contributed by atoms with E-state index in [4.69, 9.17) is 10.5 Å². The molecule has 4 nitrogen and oxygen atoms in total. The molecule has 4 heteroatoms. The van der Waals surface area contributed by atoms with E-state index < -0.39 is 0 Å². The summed E-state index contributed by atoms with van der Waals surface area (Å²) in [4.78, 5) is 11.2. The third-order valence-electron chi connectivity index (χ3n) is 3.22. The highest BCUT2D eigenvalue weighted by molar-refractivity contribution is 5.80. The predicted octanol–water partition coefficient (Wildman–Crippen LogP) is 1.19. The molecule has 1 saturated carbocycles. The molecule has 0 aliphatic heterocycles. The second kappa shape index (κ2) is 7.63. The summed E-state index contributed by atoms with van der Waals surface area (Å²) in [5.74, 6) is -0.316. The molecule has 0 aromatic carbocycles. The Labute approximate surface area is 97.9 Å². The van der Waals surface area contributed by atoms with Crippen LogP contribution in [-0.4, -0.2) is 31.7 Å². The Morgan fingerprint density at radius 1 is 1.31 bits per heavy atom.